The van der Waals surface area contributed by atoms with Crippen molar-refractivity contribution >= 4 is 39.8 Å². The van der Waals surface area contributed by atoms with Crippen molar-refractivity contribution in [2.24, 2.45) is 0 Å². The lowest BCUT2D eigenvalue weighted by Crippen LogP contribution is -2.27. The number of rotatable bonds is 7. The minimum Gasteiger partial charge on any atom is -0.385 e. The first kappa shape index (κ1) is 21.7. The number of thiophene rings is 1. The molecule has 3 rings (SSSR count). The first-order valence-corrected chi connectivity index (χ1v) is 10.5. The Morgan fingerprint density at radius 2 is 1.90 bits per heavy atom. The fraction of sp³-hybridized carbons (Fsp3) is 0.400. The van der Waals surface area contributed by atoms with Gasteiger partial charge in [-0.2, -0.15) is 0 Å². The van der Waals surface area contributed by atoms with Crippen LogP contribution in [0.15, 0.2) is 12.1 Å². The number of benzene rings is 1. The van der Waals surface area contributed by atoms with Crippen LogP contribution in [0, 0.1) is 11.6 Å². The molecule has 2 aromatic rings. The quantitative estimate of drug-likeness (QED) is 0.487. The molecular formula is C20H21ClF2N2O3S. The summed E-state index contributed by atoms with van der Waals surface area (Å²) in [5, 5.41) is 5.72. The molecule has 1 aromatic carbocycles. The third-order valence-electron chi connectivity index (χ3n) is 4.69. The average Bonchev–Trinajstić information content (AvgIpc) is 3.05. The second kappa shape index (κ2) is 9.65. The highest BCUT2D eigenvalue weighted by Crippen LogP contribution is 2.38. The van der Waals surface area contributed by atoms with Crippen molar-refractivity contribution in [2.45, 2.75) is 32.1 Å². The summed E-state index contributed by atoms with van der Waals surface area (Å²) in [7, 11) is 1.59. The second-order valence-corrected chi connectivity index (χ2v) is 8.23. The Bertz CT molecular complexity index is 933. The van der Waals surface area contributed by atoms with Crippen molar-refractivity contribution in [3.05, 3.63) is 50.4 Å². The van der Waals surface area contributed by atoms with Crippen LogP contribution in [0.25, 0.3) is 0 Å². The predicted octanol–water partition coefficient (Wildman–Crippen LogP) is 4.58. The number of hydrogen-bond donors (Lipinski definition) is 2. The molecule has 1 heterocycles. The van der Waals surface area contributed by atoms with E-state index < -0.39 is 17.5 Å². The summed E-state index contributed by atoms with van der Waals surface area (Å²) in [6, 6.07) is 1.51. The van der Waals surface area contributed by atoms with Crippen LogP contribution < -0.4 is 10.6 Å². The van der Waals surface area contributed by atoms with Crippen molar-refractivity contribution in [2.75, 3.05) is 25.6 Å². The zero-order chi connectivity index (χ0) is 21.0. The van der Waals surface area contributed by atoms with Crippen molar-refractivity contribution in [3.63, 3.8) is 0 Å². The summed E-state index contributed by atoms with van der Waals surface area (Å²) in [5.74, 6) is -3.26. The lowest BCUT2D eigenvalue weighted by atomic mass is 9.95. The summed E-state index contributed by atoms with van der Waals surface area (Å²) in [5.41, 5.74) is 1.19. The van der Waals surface area contributed by atoms with Crippen LogP contribution in [-0.2, 0) is 17.6 Å². The molecule has 2 amide bonds. The number of carbonyl (C=O) groups excluding carboxylic acids is 2. The zero-order valence-electron chi connectivity index (χ0n) is 15.9. The number of carbonyl (C=O) groups is 2. The van der Waals surface area contributed by atoms with E-state index in [9.17, 15) is 18.4 Å². The van der Waals surface area contributed by atoms with E-state index in [2.05, 4.69) is 10.6 Å². The number of nitrogens with one attached hydrogen (secondary N) is 2. The van der Waals surface area contributed by atoms with Gasteiger partial charge in [-0.3, -0.25) is 9.59 Å². The highest BCUT2D eigenvalue weighted by Gasteiger charge is 2.27. The van der Waals surface area contributed by atoms with Gasteiger partial charge in [0.15, 0.2) is 11.6 Å². The summed E-state index contributed by atoms with van der Waals surface area (Å²) in [4.78, 5) is 26.5. The van der Waals surface area contributed by atoms with Crippen LogP contribution in [0.4, 0.5) is 13.8 Å². The average molecular weight is 443 g/mol. The van der Waals surface area contributed by atoms with Gasteiger partial charge >= 0.3 is 0 Å². The minimum atomic E-state index is -1.17. The Balaban J connectivity index is 1.87. The number of hydrogen-bond acceptors (Lipinski definition) is 4. The number of methoxy groups -OCH3 is 1. The van der Waals surface area contributed by atoms with Gasteiger partial charge in [-0.15, -0.1) is 11.3 Å². The molecule has 156 valence electrons. The third-order valence-corrected chi connectivity index (χ3v) is 6.21. The molecule has 1 aromatic heterocycles. The Morgan fingerprint density at radius 1 is 1.17 bits per heavy atom. The van der Waals surface area contributed by atoms with Crippen LogP contribution in [0.5, 0.6) is 0 Å². The van der Waals surface area contributed by atoms with Gasteiger partial charge in [0.2, 0.25) is 0 Å². The van der Waals surface area contributed by atoms with Gasteiger partial charge in [0.1, 0.15) is 5.00 Å². The molecule has 0 unspecified atom stereocenters. The zero-order valence-corrected chi connectivity index (χ0v) is 17.4. The molecule has 0 radical (unpaired) electrons. The van der Waals surface area contributed by atoms with E-state index in [4.69, 9.17) is 16.3 Å². The van der Waals surface area contributed by atoms with Gasteiger partial charge in [0.25, 0.3) is 11.8 Å². The Labute approximate surface area is 176 Å². The smallest absolute Gasteiger partial charge is 0.257 e. The number of aryl methyl sites for hydroxylation is 1. The molecular weight excluding hydrogens is 422 g/mol. The predicted molar refractivity (Wildman–Crippen MR) is 109 cm³/mol. The number of ether oxygens (including phenoxy) is 1. The molecule has 0 atom stereocenters. The molecule has 0 saturated carbocycles. The van der Waals surface area contributed by atoms with Crippen LogP contribution in [0.1, 0.15) is 50.4 Å². The van der Waals surface area contributed by atoms with Crippen LogP contribution in [0.2, 0.25) is 5.02 Å². The molecule has 0 fully saturated rings. The molecule has 9 heteroatoms. The normalized spacial score (nSPS) is 13.1. The summed E-state index contributed by atoms with van der Waals surface area (Å²) >= 11 is 7.25. The van der Waals surface area contributed by atoms with E-state index in [1.54, 1.807) is 7.11 Å². The van der Waals surface area contributed by atoms with Crippen molar-refractivity contribution in [1.82, 2.24) is 5.32 Å². The Morgan fingerprint density at radius 3 is 2.66 bits per heavy atom. The highest BCUT2D eigenvalue weighted by atomic mass is 35.5. The van der Waals surface area contributed by atoms with E-state index in [1.165, 1.54) is 11.3 Å². The van der Waals surface area contributed by atoms with Crippen LogP contribution >= 0.6 is 22.9 Å². The van der Waals surface area contributed by atoms with E-state index >= 15 is 0 Å². The van der Waals surface area contributed by atoms with Crippen molar-refractivity contribution < 1.29 is 23.1 Å². The monoisotopic (exact) mass is 442 g/mol. The summed E-state index contributed by atoms with van der Waals surface area (Å²) in [6.45, 7) is 0.972. The summed E-state index contributed by atoms with van der Waals surface area (Å²) in [6.07, 6.45) is 4.25. The highest BCUT2D eigenvalue weighted by molar-refractivity contribution is 7.17. The number of halogens is 3. The second-order valence-electron chi connectivity index (χ2n) is 6.72. The number of fused-ring (bicyclic) bond motifs is 1. The number of amides is 2. The first-order valence-electron chi connectivity index (χ1n) is 9.30. The lowest BCUT2D eigenvalue weighted by Gasteiger charge is -2.13. The fourth-order valence-electron chi connectivity index (χ4n) is 3.27. The summed E-state index contributed by atoms with van der Waals surface area (Å²) < 4.78 is 31.8. The molecule has 0 bridgehead atoms. The van der Waals surface area contributed by atoms with Gasteiger partial charge < -0.3 is 15.4 Å². The van der Waals surface area contributed by atoms with E-state index in [0.29, 0.717) is 30.1 Å². The van der Waals surface area contributed by atoms with Crippen LogP contribution in [0.3, 0.4) is 0 Å². The van der Waals surface area contributed by atoms with Gasteiger partial charge in [-0.05, 0) is 49.8 Å². The SMILES string of the molecule is COCCCNC(=O)c1c(NC(=O)c2cc(F)c(F)cc2Cl)sc2c1CCCC2. The molecule has 2 N–H and O–H groups in total. The maximum atomic E-state index is 13.6. The van der Waals surface area contributed by atoms with Gasteiger partial charge in [0.05, 0.1) is 16.1 Å². The molecule has 0 saturated heterocycles. The first-order chi connectivity index (χ1) is 13.9. The Kier molecular flexibility index (Phi) is 7.21. The van der Waals surface area contributed by atoms with E-state index in [0.717, 1.165) is 48.3 Å². The van der Waals surface area contributed by atoms with Crippen LogP contribution in [-0.4, -0.2) is 32.1 Å². The van der Waals surface area contributed by atoms with Crippen molar-refractivity contribution in [1.29, 1.82) is 0 Å². The molecule has 5 nitrogen and oxygen atoms in total. The van der Waals surface area contributed by atoms with Gasteiger partial charge in [-0.1, -0.05) is 11.6 Å². The standard InChI is InChI=1S/C20H21ClF2N2O3S/c1-28-8-4-7-24-19(27)17-11-5-2-3-6-16(11)29-20(17)25-18(26)12-9-14(22)15(23)10-13(12)21/h9-10H,2-8H2,1H3,(H,24,27)(H,25,26). The number of anilines is 1. The maximum absolute atomic E-state index is 13.6. The Hall–Kier alpha value is -2.03. The molecule has 0 aliphatic heterocycles. The van der Waals surface area contributed by atoms with Crippen molar-refractivity contribution in [3.8, 4) is 0 Å². The largest absolute Gasteiger partial charge is 0.385 e. The molecule has 1 aliphatic carbocycles. The van der Waals surface area contributed by atoms with Gasteiger partial charge in [-0.25, -0.2) is 8.78 Å². The maximum Gasteiger partial charge on any atom is 0.257 e. The lowest BCUT2D eigenvalue weighted by molar-refractivity contribution is 0.0948. The molecule has 1 aliphatic rings. The fourth-order valence-corrected chi connectivity index (χ4v) is 4.79. The van der Waals surface area contributed by atoms with E-state index in [1.807, 2.05) is 0 Å². The van der Waals surface area contributed by atoms with Gasteiger partial charge in [0, 0.05) is 25.1 Å². The minimum absolute atomic E-state index is 0.191. The molecule has 0 spiro atoms. The molecule has 29 heavy (non-hydrogen) atoms. The van der Waals surface area contributed by atoms with E-state index in [-0.39, 0.29) is 16.5 Å². The topological polar surface area (TPSA) is 67.4 Å². The third kappa shape index (κ3) is 4.94.